The third kappa shape index (κ3) is 4.31. The van der Waals surface area contributed by atoms with Crippen molar-refractivity contribution in [3.05, 3.63) is 70.9 Å². The Bertz CT molecular complexity index is 1060. The summed E-state index contributed by atoms with van der Waals surface area (Å²) in [5.41, 5.74) is 5.02. The number of hydrogen-bond donors (Lipinski definition) is 0. The minimum absolute atomic E-state index is 0.0717. The van der Waals surface area contributed by atoms with Gasteiger partial charge < -0.3 is 9.64 Å². The molecule has 0 radical (unpaired) electrons. The van der Waals surface area contributed by atoms with Gasteiger partial charge in [0.2, 0.25) is 0 Å². The van der Waals surface area contributed by atoms with Crippen LogP contribution < -0.4 is 4.74 Å². The average molecular weight is 404 g/mol. The van der Waals surface area contributed by atoms with Gasteiger partial charge in [0.15, 0.2) is 0 Å². The number of aryl methyl sites for hydroxylation is 2. The fourth-order valence-electron chi connectivity index (χ4n) is 4.13. The number of ether oxygens (including phenoxy) is 1. The molecule has 1 aromatic heterocycles. The maximum atomic E-state index is 13.3. The molecule has 0 bridgehead atoms. The van der Waals surface area contributed by atoms with Gasteiger partial charge in [-0.2, -0.15) is 0 Å². The molecular formula is C25H29N3O2. The second kappa shape index (κ2) is 8.84. The molecule has 1 amide bonds. The first kappa shape index (κ1) is 20.4. The largest absolute Gasteiger partial charge is 0.497 e. The number of amides is 1. The van der Waals surface area contributed by atoms with Crippen molar-refractivity contribution in [1.82, 2.24) is 14.8 Å². The SMILES string of the molecule is COc1ccc2nc(C)c(C(=O)N3CCCN(Cc4ccccc4C)CC3)cc2c1. The van der Waals surface area contributed by atoms with E-state index in [9.17, 15) is 4.79 Å². The van der Waals surface area contributed by atoms with Crippen molar-refractivity contribution in [2.24, 2.45) is 0 Å². The quantitative estimate of drug-likeness (QED) is 0.655. The Balaban J connectivity index is 1.49. The maximum absolute atomic E-state index is 13.3. The van der Waals surface area contributed by atoms with E-state index < -0.39 is 0 Å². The Morgan fingerprint density at radius 2 is 1.87 bits per heavy atom. The van der Waals surface area contributed by atoms with Crippen LogP contribution in [0.5, 0.6) is 5.75 Å². The van der Waals surface area contributed by atoms with E-state index >= 15 is 0 Å². The van der Waals surface area contributed by atoms with Gasteiger partial charge in [-0.25, -0.2) is 0 Å². The number of benzene rings is 2. The molecule has 0 saturated carbocycles. The highest BCUT2D eigenvalue weighted by Gasteiger charge is 2.22. The van der Waals surface area contributed by atoms with Crippen LogP contribution in [0.3, 0.4) is 0 Å². The van der Waals surface area contributed by atoms with E-state index in [2.05, 4.69) is 41.1 Å². The zero-order valence-corrected chi connectivity index (χ0v) is 18.0. The van der Waals surface area contributed by atoms with Gasteiger partial charge in [-0.15, -0.1) is 0 Å². The van der Waals surface area contributed by atoms with Crippen molar-refractivity contribution in [3.8, 4) is 5.75 Å². The smallest absolute Gasteiger partial charge is 0.255 e. The molecule has 2 heterocycles. The summed E-state index contributed by atoms with van der Waals surface area (Å²) in [4.78, 5) is 22.4. The Kier molecular flexibility index (Phi) is 6.00. The molecule has 0 spiro atoms. The monoisotopic (exact) mass is 403 g/mol. The first-order chi connectivity index (χ1) is 14.5. The first-order valence-corrected chi connectivity index (χ1v) is 10.6. The predicted octanol–water partition coefficient (Wildman–Crippen LogP) is 4.21. The lowest BCUT2D eigenvalue weighted by Crippen LogP contribution is -2.35. The van der Waals surface area contributed by atoms with Crippen LogP contribution >= 0.6 is 0 Å². The number of fused-ring (bicyclic) bond motifs is 1. The zero-order chi connectivity index (χ0) is 21.1. The molecule has 0 N–H and O–H groups in total. The second-order valence-electron chi connectivity index (χ2n) is 8.03. The van der Waals surface area contributed by atoms with Crippen LogP contribution in [0, 0.1) is 13.8 Å². The second-order valence-corrected chi connectivity index (χ2v) is 8.03. The van der Waals surface area contributed by atoms with Crippen molar-refractivity contribution in [1.29, 1.82) is 0 Å². The topological polar surface area (TPSA) is 45.7 Å². The van der Waals surface area contributed by atoms with E-state index in [0.717, 1.165) is 61.5 Å². The normalized spacial score (nSPS) is 15.2. The molecule has 0 unspecified atom stereocenters. The summed E-state index contributed by atoms with van der Waals surface area (Å²) in [7, 11) is 1.65. The summed E-state index contributed by atoms with van der Waals surface area (Å²) < 4.78 is 5.33. The molecule has 4 rings (SSSR count). The highest BCUT2D eigenvalue weighted by Crippen LogP contribution is 2.23. The standard InChI is InChI=1S/C25H29N3O2/c1-18-7-4-5-8-20(18)17-27-11-6-12-28(14-13-27)25(29)23-16-21-15-22(30-3)9-10-24(21)26-19(23)2/h4-5,7-10,15-16H,6,11-14,17H2,1-3H3. The van der Waals surface area contributed by atoms with E-state index in [-0.39, 0.29) is 5.91 Å². The number of rotatable bonds is 4. The summed E-state index contributed by atoms with van der Waals surface area (Å²) >= 11 is 0. The van der Waals surface area contributed by atoms with Crippen LogP contribution in [0.4, 0.5) is 0 Å². The summed E-state index contributed by atoms with van der Waals surface area (Å²) in [5.74, 6) is 0.843. The predicted molar refractivity (Wildman–Crippen MR) is 120 cm³/mol. The maximum Gasteiger partial charge on any atom is 0.255 e. The number of nitrogens with zero attached hydrogens (tertiary/aromatic N) is 3. The van der Waals surface area contributed by atoms with Gasteiger partial charge in [0.05, 0.1) is 23.9 Å². The van der Waals surface area contributed by atoms with Gasteiger partial charge in [-0.3, -0.25) is 14.7 Å². The van der Waals surface area contributed by atoms with Gasteiger partial charge in [-0.1, -0.05) is 24.3 Å². The third-order valence-corrected chi connectivity index (χ3v) is 5.97. The van der Waals surface area contributed by atoms with Crippen molar-refractivity contribution in [3.63, 3.8) is 0 Å². The van der Waals surface area contributed by atoms with E-state index in [0.29, 0.717) is 5.56 Å². The number of pyridine rings is 1. The number of carbonyl (C=O) groups excluding carboxylic acids is 1. The minimum Gasteiger partial charge on any atom is -0.497 e. The van der Waals surface area contributed by atoms with Gasteiger partial charge in [0, 0.05) is 38.1 Å². The fourth-order valence-corrected chi connectivity index (χ4v) is 4.13. The molecule has 1 fully saturated rings. The molecule has 2 aromatic carbocycles. The number of aromatic nitrogens is 1. The van der Waals surface area contributed by atoms with Crippen LogP contribution in [-0.4, -0.2) is 54.0 Å². The Hall–Kier alpha value is -2.92. The Morgan fingerprint density at radius 1 is 1.03 bits per heavy atom. The van der Waals surface area contributed by atoms with Crippen LogP contribution in [0.1, 0.15) is 33.6 Å². The summed E-state index contributed by atoms with van der Waals surface area (Å²) in [6, 6.07) is 16.3. The highest BCUT2D eigenvalue weighted by atomic mass is 16.5. The molecule has 156 valence electrons. The van der Waals surface area contributed by atoms with Crippen molar-refractivity contribution in [2.75, 3.05) is 33.3 Å². The molecule has 5 nitrogen and oxygen atoms in total. The third-order valence-electron chi connectivity index (χ3n) is 5.97. The van der Waals surface area contributed by atoms with Crippen LogP contribution in [-0.2, 0) is 6.54 Å². The molecule has 0 atom stereocenters. The number of hydrogen-bond acceptors (Lipinski definition) is 4. The van der Waals surface area contributed by atoms with Crippen LogP contribution in [0.2, 0.25) is 0 Å². The van der Waals surface area contributed by atoms with Gasteiger partial charge in [-0.05, 0) is 55.7 Å². The molecule has 1 aliphatic rings. The summed E-state index contributed by atoms with van der Waals surface area (Å²) in [5, 5.41) is 0.930. The lowest BCUT2D eigenvalue weighted by Gasteiger charge is -2.23. The lowest BCUT2D eigenvalue weighted by molar-refractivity contribution is 0.0760. The number of carbonyl (C=O) groups is 1. The average Bonchev–Trinajstić information content (AvgIpc) is 2.99. The Labute approximate surface area is 178 Å². The van der Waals surface area contributed by atoms with Gasteiger partial charge >= 0.3 is 0 Å². The summed E-state index contributed by atoms with van der Waals surface area (Å²) in [6.07, 6.45) is 0.978. The van der Waals surface area contributed by atoms with E-state index in [1.165, 1.54) is 11.1 Å². The van der Waals surface area contributed by atoms with E-state index in [4.69, 9.17) is 4.74 Å². The molecular weight excluding hydrogens is 374 g/mol. The minimum atomic E-state index is 0.0717. The molecule has 30 heavy (non-hydrogen) atoms. The molecule has 1 saturated heterocycles. The number of methoxy groups -OCH3 is 1. The lowest BCUT2D eigenvalue weighted by atomic mass is 10.1. The molecule has 1 aliphatic heterocycles. The van der Waals surface area contributed by atoms with Crippen LogP contribution in [0.25, 0.3) is 10.9 Å². The van der Waals surface area contributed by atoms with E-state index in [1.54, 1.807) is 7.11 Å². The van der Waals surface area contributed by atoms with Gasteiger partial charge in [0.25, 0.3) is 5.91 Å². The van der Waals surface area contributed by atoms with Crippen molar-refractivity contribution >= 4 is 16.8 Å². The first-order valence-electron chi connectivity index (χ1n) is 10.6. The zero-order valence-electron chi connectivity index (χ0n) is 18.0. The molecule has 3 aromatic rings. The van der Waals surface area contributed by atoms with E-state index in [1.807, 2.05) is 36.1 Å². The van der Waals surface area contributed by atoms with Gasteiger partial charge in [0.1, 0.15) is 5.75 Å². The summed E-state index contributed by atoms with van der Waals surface area (Å²) in [6.45, 7) is 8.41. The molecule has 0 aliphatic carbocycles. The van der Waals surface area contributed by atoms with Crippen molar-refractivity contribution < 1.29 is 9.53 Å². The Morgan fingerprint density at radius 3 is 2.67 bits per heavy atom. The van der Waals surface area contributed by atoms with Crippen LogP contribution in [0.15, 0.2) is 48.5 Å². The van der Waals surface area contributed by atoms with Crippen molar-refractivity contribution in [2.45, 2.75) is 26.8 Å². The highest BCUT2D eigenvalue weighted by molar-refractivity contribution is 5.98. The molecule has 5 heteroatoms. The fraction of sp³-hybridized carbons (Fsp3) is 0.360.